The van der Waals surface area contributed by atoms with Crippen molar-refractivity contribution >= 4 is 5.57 Å². The normalized spacial score (nSPS) is 16.9. The first-order chi connectivity index (χ1) is 14.3. The number of piperidine rings is 1. The van der Waals surface area contributed by atoms with Crippen LogP contribution in [-0.4, -0.2) is 28.0 Å². The molecule has 1 saturated heterocycles. The molecule has 0 N–H and O–H groups in total. The van der Waals surface area contributed by atoms with Crippen LogP contribution in [-0.2, 0) is 19.4 Å². The van der Waals surface area contributed by atoms with Gasteiger partial charge in [0.05, 0.1) is 5.69 Å². The molecule has 3 aromatic rings. The fraction of sp³-hybridized carbons (Fsp3) is 0.308. The minimum atomic E-state index is 0.989. The van der Waals surface area contributed by atoms with Crippen LogP contribution in [0.4, 0.5) is 0 Å². The molecule has 0 unspecified atom stereocenters. The molecule has 2 aliphatic rings. The summed E-state index contributed by atoms with van der Waals surface area (Å²) in [6, 6.07) is 15.5. The van der Waals surface area contributed by atoms with Crippen molar-refractivity contribution in [3.8, 4) is 0 Å². The Bertz CT molecular complexity index is 1010. The van der Waals surface area contributed by atoms with E-state index in [1.54, 1.807) is 5.57 Å². The topological polar surface area (TPSA) is 29.0 Å². The van der Waals surface area contributed by atoms with E-state index in [2.05, 4.69) is 59.3 Å². The first-order valence-corrected chi connectivity index (χ1v) is 10.7. The Hall–Kier alpha value is -2.78. The number of benzene rings is 1. The van der Waals surface area contributed by atoms with Crippen LogP contribution in [0.3, 0.4) is 0 Å². The Labute approximate surface area is 173 Å². The molecule has 0 saturated carbocycles. The molecular weight excluding hydrogens is 354 g/mol. The van der Waals surface area contributed by atoms with E-state index in [0.29, 0.717) is 0 Å². The van der Waals surface area contributed by atoms with Crippen molar-refractivity contribution < 1.29 is 0 Å². The number of pyridine rings is 2. The summed E-state index contributed by atoms with van der Waals surface area (Å²) >= 11 is 0. The molecule has 3 heterocycles. The molecule has 29 heavy (non-hydrogen) atoms. The number of nitrogens with zero attached hydrogens (tertiary/aromatic N) is 3. The van der Waals surface area contributed by atoms with Crippen molar-refractivity contribution in [1.82, 2.24) is 14.9 Å². The number of aromatic nitrogens is 2. The van der Waals surface area contributed by atoms with E-state index in [-0.39, 0.29) is 0 Å². The smallest absolute Gasteiger partial charge is 0.0739 e. The van der Waals surface area contributed by atoms with Gasteiger partial charge in [0.1, 0.15) is 0 Å². The van der Waals surface area contributed by atoms with Crippen molar-refractivity contribution in [2.45, 2.75) is 39.2 Å². The highest BCUT2D eigenvalue weighted by atomic mass is 15.1. The molecule has 0 radical (unpaired) electrons. The molecule has 1 aliphatic carbocycles. The van der Waals surface area contributed by atoms with Crippen LogP contribution in [0.25, 0.3) is 5.57 Å². The van der Waals surface area contributed by atoms with Gasteiger partial charge in [-0.2, -0.15) is 0 Å². The van der Waals surface area contributed by atoms with Gasteiger partial charge in [-0.15, -0.1) is 0 Å². The molecule has 146 valence electrons. The summed E-state index contributed by atoms with van der Waals surface area (Å²) in [4.78, 5) is 11.8. The maximum absolute atomic E-state index is 4.85. The zero-order valence-corrected chi connectivity index (χ0v) is 17.1. The Kier molecular flexibility index (Phi) is 4.99. The quantitative estimate of drug-likeness (QED) is 0.627. The van der Waals surface area contributed by atoms with Crippen molar-refractivity contribution in [1.29, 1.82) is 0 Å². The number of aryl methyl sites for hydroxylation is 3. The van der Waals surface area contributed by atoms with Crippen LogP contribution in [0.5, 0.6) is 0 Å². The Morgan fingerprint density at radius 3 is 2.55 bits per heavy atom. The highest BCUT2D eigenvalue weighted by Gasteiger charge is 2.24. The molecule has 1 fully saturated rings. The Morgan fingerprint density at radius 2 is 1.69 bits per heavy atom. The predicted octanol–water partition coefficient (Wildman–Crippen LogP) is 4.98. The minimum Gasteiger partial charge on any atom is -0.298 e. The largest absolute Gasteiger partial charge is 0.298 e. The lowest BCUT2D eigenvalue weighted by molar-refractivity contribution is 0.248. The van der Waals surface area contributed by atoms with Gasteiger partial charge in [-0.1, -0.05) is 42.0 Å². The lowest BCUT2D eigenvalue weighted by Crippen LogP contribution is -2.30. The van der Waals surface area contributed by atoms with Crippen LogP contribution in [0.15, 0.2) is 66.6 Å². The first kappa shape index (κ1) is 18.3. The third-order valence-electron chi connectivity index (χ3n) is 6.23. The van der Waals surface area contributed by atoms with Gasteiger partial charge >= 0.3 is 0 Å². The van der Waals surface area contributed by atoms with E-state index in [4.69, 9.17) is 4.98 Å². The molecule has 5 rings (SSSR count). The second-order valence-electron chi connectivity index (χ2n) is 8.29. The monoisotopic (exact) mass is 381 g/mol. The summed E-state index contributed by atoms with van der Waals surface area (Å²) in [6.45, 7) is 5.29. The summed E-state index contributed by atoms with van der Waals surface area (Å²) < 4.78 is 0. The van der Waals surface area contributed by atoms with Crippen molar-refractivity contribution in [2.75, 3.05) is 13.1 Å². The van der Waals surface area contributed by atoms with Gasteiger partial charge in [0.25, 0.3) is 0 Å². The average Bonchev–Trinajstić information content (AvgIpc) is 2.91. The number of rotatable bonds is 2. The molecule has 0 atom stereocenters. The summed E-state index contributed by atoms with van der Waals surface area (Å²) in [5.41, 5.74) is 11.0. The van der Waals surface area contributed by atoms with E-state index >= 15 is 0 Å². The standard InChI is InChI=1S/C26H27N3/c1-19-15-20(17-27-16-19)18-29-13-10-22(11-14-29)25-24-7-3-2-5-21(24)8-9-23-6-4-12-28-26(23)25/h2-7,12,15-17H,8-11,13-14,18H2,1H3. The third-order valence-corrected chi connectivity index (χ3v) is 6.23. The molecule has 0 spiro atoms. The van der Waals surface area contributed by atoms with Crippen LogP contribution >= 0.6 is 0 Å². The molecule has 1 aromatic carbocycles. The predicted molar refractivity (Wildman–Crippen MR) is 118 cm³/mol. The van der Waals surface area contributed by atoms with Crippen LogP contribution in [0.1, 0.15) is 46.4 Å². The highest BCUT2D eigenvalue weighted by molar-refractivity contribution is 5.84. The second kappa shape index (κ2) is 7.92. The number of fused-ring (bicyclic) bond motifs is 2. The molecule has 0 bridgehead atoms. The van der Waals surface area contributed by atoms with Crippen LogP contribution in [0, 0.1) is 6.92 Å². The second-order valence-corrected chi connectivity index (χ2v) is 8.29. The van der Waals surface area contributed by atoms with E-state index in [1.165, 1.54) is 39.1 Å². The van der Waals surface area contributed by atoms with Gasteiger partial charge in [-0.25, -0.2) is 0 Å². The Morgan fingerprint density at radius 1 is 0.897 bits per heavy atom. The van der Waals surface area contributed by atoms with E-state index in [0.717, 1.165) is 45.3 Å². The fourth-order valence-electron chi connectivity index (χ4n) is 4.80. The molecule has 1 aliphatic heterocycles. The first-order valence-electron chi connectivity index (χ1n) is 10.7. The lowest BCUT2D eigenvalue weighted by Gasteiger charge is -2.30. The molecule has 2 aromatic heterocycles. The van der Waals surface area contributed by atoms with Crippen LogP contribution < -0.4 is 0 Å². The third kappa shape index (κ3) is 3.75. The maximum atomic E-state index is 4.85. The molecular formula is C26H27N3. The van der Waals surface area contributed by atoms with E-state index < -0.39 is 0 Å². The zero-order valence-electron chi connectivity index (χ0n) is 17.1. The van der Waals surface area contributed by atoms with E-state index in [1.807, 2.05) is 18.6 Å². The summed E-state index contributed by atoms with van der Waals surface area (Å²) in [6.07, 6.45) is 10.3. The van der Waals surface area contributed by atoms with Gasteiger partial charge in [0.2, 0.25) is 0 Å². The fourth-order valence-corrected chi connectivity index (χ4v) is 4.80. The van der Waals surface area contributed by atoms with Gasteiger partial charge in [0, 0.05) is 43.8 Å². The lowest BCUT2D eigenvalue weighted by atomic mass is 9.88. The van der Waals surface area contributed by atoms with Gasteiger partial charge in [-0.05, 0) is 66.5 Å². The maximum Gasteiger partial charge on any atom is 0.0739 e. The summed E-state index contributed by atoms with van der Waals surface area (Å²) in [7, 11) is 0. The van der Waals surface area contributed by atoms with Gasteiger partial charge < -0.3 is 0 Å². The highest BCUT2D eigenvalue weighted by Crippen LogP contribution is 2.37. The average molecular weight is 382 g/mol. The molecule has 0 amide bonds. The summed E-state index contributed by atoms with van der Waals surface area (Å²) in [5, 5.41) is 0. The minimum absolute atomic E-state index is 0.989. The van der Waals surface area contributed by atoms with Gasteiger partial charge in [-0.3, -0.25) is 14.9 Å². The Balaban J connectivity index is 1.46. The summed E-state index contributed by atoms with van der Waals surface area (Å²) in [5.74, 6) is 0. The molecule has 3 nitrogen and oxygen atoms in total. The zero-order chi connectivity index (χ0) is 19.6. The van der Waals surface area contributed by atoms with Crippen LogP contribution in [0.2, 0.25) is 0 Å². The SMILES string of the molecule is Cc1cncc(CN2CCC(=C3c4ccccc4CCc4cccnc43)CC2)c1. The van der Waals surface area contributed by atoms with Gasteiger partial charge in [0.15, 0.2) is 0 Å². The molecule has 3 heteroatoms. The number of likely N-dealkylation sites (tertiary alicyclic amines) is 1. The number of hydrogen-bond donors (Lipinski definition) is 0. The van der Waals surface area contributed by atoms with Crippen molar-refractivity contribution in [3.63, 3.8) is 0 Å². The van der Waals surface area contributed by atoms with Crippen molar-refractivity contribution in [3.05, 3.63) is 100 Å². The number of hydrogen-bond acceptors (Lipinski definition) is 3. The van der Waals surface area contributed by atoms with Crippen molar-refractivity contribution in [2.24, 2.45) is 0 Å². The van der Waals surface area contributed by atoms with E-state index in [9.17, 15) is 0 Å².